The van der Waals surface area contributed by atoms with E-state index >= 15 is 0 Å². The smallest absolute Gasteiger partial charge is 0.189 e. The van der Waals surface area contributed by atoms with E-state index in [1.54, 1.807) is 26.4 Å². The molecule has 0 unspecified atom stereocenters. The SMILES string of the molecule is COc1ccc(NC(=S)NNC(=S)Nc2ccccc2)cc1OC. The number of hydrazine groups is 1. The van der Waals surface area contributed by atoms with E-state index in [-0.39, 0.29) is 0 Å². The maximum absolute atomic E-state index is 5.25. The summed E-state index contributed by atoms with van der Waals surface area (Å²) >= 11 is 10.4. The van der Waals surface area contributed by atoms with Crippen molar-refractivity contribution in [3.8, 4) is 11.5 Å². The lowest BCUT2D eigenvalue weighted by Gasteiger charge is -2.15. The molecule has 6 nitrogen and oxygen atoms in total. The molecule has 24 heavy (non-hydrogen) atoms. The van der Waals surface area contributed by atoms with Gasteiger partial charge in [0.1, 0.15) is 0 Å². The van der Waals surface area contributed by atoms with Gasteiger partial charge in [0.05, 0.1) is 14.2 Å². The number of para-hydroxylation sites is 1. The third-order valence-corrected chi connectivity index (χ3v) is 3.37. The zero-order valence-electron chi connectivity index (χ0n) is 13.3. The molecule has 2 aromatic carbocycles. The molecule has 2 rings (SSSR count). The number of rotatable bonds is 4. The molecule has 0 saturated heterocycles. The second-order valence-electron chi connectivity index (χ2n) is 4.59. The summed E-state index contributed by atoms with van der Waals surface area (Å²) in [6.45, 7) is 0. The third-order valence-electron chi connectivity index (χ3n) is 2.96. The minimum atomic E-state index is 0.361. The topological polar surface area (TPSA) is 66.6 Å². The molecule has 4 N–H and O–H groups in total. The van der Waals surface area contributed by atoms with E-state index in [1.165, 1.54) is 0 Å². The van der Waals surface area contributed by atoms with E-state index in [1.807, 2.05) is 36.4 Å². The van der Waals surface area contributed by atoms with Crippen molar-refractivity contribution >= 4 is 46.0 Å². The number of methoxy groups -OCH3 is 2. The summed E-state index contributed by atoms with van der Waals surface area (Å²) in [6, 6.07) is 15.0. The predicted molar refractivity (Wildman–Crippen MR) is 105 cm³/mol. The molecule has 0 heterocycles. The molecule has 0 aliphatic carbocycles. The Morgan fingerprint density at radius 1 is 0.750 bits per heavy atom. The van der Waals surface area contributed by atoms with E-state index in [4.69, 9.17) is 33.9 Å². The zero-order chi connectivity index (χ0) is 17.4. The number of nitrogens with one attached hydrogen (secondary N) is 4. The Labute approximate surface area is 151 Å². The first-order chi connectivity index (χ1) is 11.6. The summed E-state index contributed by atoms with van der Waals surface area (Å²) < 4.78 is 10.4. The molecule has 0 radical (unpaired) electrons. The number of anilines is 2. The summed E-state index contributed by atoms with van der Waals surface area (Å²) in [5.41, 5.74) is 7.27. The van der Waals surface area contributed by atoms with Crippen LogP contribution in [0, 0.1) is 0 Å². The lowest BCUT2D eigenvalue weighted by atomic mass is 10.3. The number of benzene rings is 2. The molecule has 8 heteroatoms. The van der Waals surface area contributed by atoms with Crippen LogP contribution in [0.1, 0.15) is 0 Å². The van der Waals surface area contributed by atoms with Gasteiger partial charge >= 0.3 is 0 Å². The highest BCUT2D eigenvalue weighted by molar-refractivity contribution is 7.81. The maximum atomic E-state index is 5.25. The fraction of sp³-hybridized carbons (Fsp3) is 0.125. The molecule has 0 spiro atoms. The summed E-state index contributed by atoms with van der Waals surface area (Å²) in [5, 5.41) is 6.81. The lowest BCUT2D eigenvalue weighted by Crippen LogP contribution is -2.45. The quantitative estimate of drug-likeness (QED) is 0.489. The summed E-state index contributed by atoms with van der Waals surface area (Å²) in [7, 11) is 3.16. The highest BCUT2D eigenvalue weighted by Crippen LogP contribution is 2.29. The maximum Gasteiger partial charge on any atom is 0.189 e. The van der Waals surface area contributed by atoms with Gasteiger partial charge in [0.25, 0.3) is 0 Å². The highest BCUT2D eigenvalue weighted by Gasteiger charge is 2.06. The van der Waals surface area contributed by atoms with Gasteiger partial charge in [-0.3, -0.25) is 10.9 Å². The van der Waals surface area contributed by atoms with E-state index in [9.17, 15) is 0 Å². The Hall–Kier alpha value is -2.58. The Balaban J connectivity index is 1.84. The van der Waals surface area contributed by atoms with Crippen molar-refractivity contribution in [2.75, 3.05) is 24.9 Å². The van der Waals surface area contributed by atoms with Crippen LogP contribution in [0.3, 0.4) is 0 Å². The summed E-state index contributed by atoms with van der Waals surface area (Å²) in [6.07, 6.45) is 0. The number of thiocarbonyl (C=S) groups is 2. The first-order valence-corrected chi connectivity index (χ1v) is 7.85. The molecule has 0 fully saturated rings. The Morgan fingerprint density at radius 3 is 1.92 bits per heavy atom. The van der Waals surface area contributed by atoms with Crippen molar-refractivity contribution in [2.45, 2.75) is 0 Å². The fourth-order valence-corrected chi connectivity index (χ4v) is 2.21. The van der Waals surface area contributed by atoms with Gasteiger partial charge in [-0.1, -0.05) is 18.2 Å². The van der Waals surface area contributed by atoms with Crippen LogP contribution in [0.4, 0.5) is 11.4 Å². The van der Waals surface area contributed by atoms with Gasteiger partial charge in [0.15, 0.2) is 21.7 Å². The normalized spacial score (nSPS) is 9.58. The minimum Gasteiger partial charge on any atom is -0.493 e. The van der Waals surface area contributed by atoms with Crippen molar-refractivity contribution in [3.05, 3.63) is 48.5 Å². The Kier molecular flexibility index (Phi) is 6.59. The number of hydrogen-bond donors (Lipinski definition) is 4. The molecular formula is C16H18N4O2S2. The van der Waals surface area contributed by atoms with Gasteiger partial charge in [-0.2, -0.15) is 0 Å². The van der Waals surface area contributed by atoms with Gasteiger partial charge in [0.2, 0.25) is 0 Å². The average molecular weight is 362 g/mol. The summed E-state index contributed by atoms with van der Waals surface area (Å²) in [4.78, 5) is 0. The first kappa shape index (κ1) is 17.8. The largest absolute Gasteiger partial charge is 0.493 e. The van der Waals surface area contributed by atoms with Crippen LogP contribution in [0.15, 0.2) is 48.5 Å². The predicted octanol–water partition coefficient (Wildman–Crippen LogP) is 2.89. The molecule has 126 valence electrons. The van der Waals surface area contributed by atoms with E-state index < -0.39 is 0 Å². The standard InChI is InChI=1S/C16H18N4O2S2/c1-21-13-9-8-12(10-14(13)22-2)18-16(24)20-19-15(23)17-11-6-4-3-5-7-11/h3-10H,1-2H3,(H2,17,19,23)(H2,18,20,24). The van der Waals surface area contributed by atoms with Gasteiger partial charge in [0, 0.05) is 17.4 Å². The molecular weight excluding hydrogens is 344 g/mol. The molecule has 0 amide bonds. The highest BCUT2D eigenvalue weighted by atomic mass is 32.1. The molecule has 0 atom stereocenters. The van der Waals surface area contributed by atoms with Gasteiger partial charge in [-0.25, -0.2) is 0 Å². The van der Waals surface area contributed by atoms with Gasteiger partial charge < -0.3 is 20.1 Å². The molecule has 0 aromatic heterocycles. The van der Waals surface area contributed by atoms with Crippen molar-refractivity contribution in [1.29, 1.82) is 0 Å². The van der Waals surface area contributed by atoms with Crippen LogP contribution >= 0.6 is 24.4 Å². The first-order valence-electron chi connectivity index (χ1n) is 7.03. The Bertz CT molecular complexity index is 710. The molecule has 0 saturated carbocycles. The number of hydrogen-bond acceptors (Lipinski definition) is 4. The van der Waals surface area contributed by atoms with Crippen molar-refractivity contribution in [3.63, 3.8) is 0 Å². The second-order valence-corrected chi connectivity index (χ2v) is 5.41. The van der Waals surface area contributed by atoms with Gasteiger partial charge in [-0.05, 0) is 48.7 Å². The third kappa shape index (κ3) is 5.25. The monoisotopic (exact) mass is 362 g/mol. The van der Waals surface area contributed by atoms with Crippen LogP contribution in [-0.2, 0) is 0 Å². The van der Waals surface area contributed by atoms with Crippen molar-refractivity contribution in [1.82, 2.24) is 10.9 Å². The minimum absolute atomic E-state index is 0.361. The molecule has 0 bridgehead atoms. The van der Waals surface area contributed by atoms with Crippen molar-refractivity contribution in [2.24, 2.45) is 0 Å². The van der Waals surface area contributed by atoms with Crippen LogP contribution in [-0.4, -0.2) is 24.4 Å². The fourth-order valence-electron chi connectivity index (χ4n) is 1.87. The second kappa shape index (κ2) is 8.90. The van der Waals surface area contributed by atoms with Crippen LogP contribution in [0.25, 0.3) is 0 Å². The van der Waals surface area contributed by atoms with E-state index in [2.05, 4.69) is 21.5 Å². The number of ether oxygens (including phenoxy) is 2. The van der Waals surface area contributed by atoms with Crippen LogP contribution in [0.5, 0.6) is 11.5 Å². The van der Waals surface area contributed by atoms with Crippen LogP contribution < -0.4 is 31.0 Å². The van der Waals surface area contributed by atoms with E-state index in [0.29, 0.717) is 21.7 Å². The summed E-state index contributed by atoms with van der Waals surface area (Å²) in [5.74, 6) is 1.26. The lowest BCUT2D eigenvalue weighted by molar-refractivity contribution is 0.355. The molecule has 0 aliphatic rings. The molecule has 0 aliphatic heterocycles. The van der Waals surface area contributed by atoms with Gasteiger partial charge in [-0.15, -0.1) is 0 Å². The van der Waals surface area contributed by atoms with Crippen LogP contribution in [0.2, 0.25) is 0 Å². The molecule has 2 aromatic rings. The van der Waals surface area contributed by atoms with E-state index in [0.717, 1.165) is 11.4 Å². The van der Waals surface area contributed by atoms with Crippen molar-refractivity contribution < 1.29 is 9.47 Å². The zero-order valence-corrected chi connectivity index (χ0v) is 14.9. The Morgan fingerprint density at radius 2 is 1.33 bits per heavy atom. The average Bonchev–Trinajstić information content (AvgIpc) is 2.60.